The second-order valence-corrected chi connectivity index (χ2v) is 6.01. The Bertz CT molecular complexity index is 442. The van der Waals surface area contributed by atoms with Gasteiger partial charge in [-0.15, -0.1) is 0 Å². The lowest BCUT2D eigenvalue weighted by Crippen LogP contribution is -2.39. The van der Waals surface area contributed by atoms with Crippen molar-refractivity contribution in [1.82, 2.24) is 4.90 Å². The third-order valence-corrected chi connectivity index (χ3v) is 3.68. The summed E-state index contributed by atoms with van der Waals surface area (Å²) in [7, 11) is 6.10. The van der Waals surface area contributed by atoms with Crippen molar-refractivity contribution in [3.8, 4) is 0 Å². The summed E-state index contributed by atoms with van der Waals surface area (Å²) < 4.78 is 26.7. The first-order valence-electron chi connectivity index (χ1n) is 6.24. The molecule has 0 spiro atoms. The molecule has 1 aliphatic heterocycles. The van der Waals surface area contributed by atoms with Crippen LogP contribution in [0.2, 0.25) is 5.82 Å². The fourth-order valence-corrected chi connectivity index (χ4v) is 2.51. The molecule has 2 radical (unpaired) electrons. The first kappa shape index (κ1) is 13.5. The first-order valence-corrected chi connectivity index (χ1v) is 6.24. The van der Waals surface area contributed by atoms with Gasteiger partial charge in [-0.2, -0.15) is 0 Å². The second kappa shape index (κ2) is 4.65. The Kier molecular flexibility index (Phi) is 3.50. The Balaban J connectivity index is 2.24. The zero-order chi connectivity index (χ0) is 13.5. The van der Waals surface area contributed by atoms with Gasteiger partial charge in [-0.05, 0) is 44.9 Å². The van der Waals surface area contributed by atoms with Gasteiger partial charge in [-0.25, -0.2) is 8.78 Å². The van der Waals surface area contributed by atoms with Crippen molar-refractivity contribution >= 4 is 7.85 Å². The topological polar surface area (TPSA) is 3.24 Å². The summed E-state index contributed by atoms with van der Waals surface area (Å²) in [5.74, 6) is -1.21. The van der Waals surface area contributed by atoms with Crippen molar-refractivity contribution in [1.29, 1.82) is 0 Å². The van der Waals surface area contributed by atoms with Crippen molar-refractivity contribution in [2.24, 2.45) is 0 Å². The third kappa shape index (κ3) is 2.58. The Morgan fingerprint density at radius 2 is 1.89 bits per heavy atom. The maximum atomic E-state index is 13.8. The van der Waals surface area contributed by atoms with E-state index in [4.69, 9.17) is 7.85 Å². The van der Waals surface area contributed by atoms with Gasteiger partial charge in [0.2, 0.25) is 0 Å². The molecule has 18 heavy (non-hydrogen) atoms. The molecular formula is C14H18BF2N. The van der Waals surface area contributed by atoms with Crippen LogP contribution in [-0.2, 0) is 0 Å². The van der Waals surface area contributed by atoms with Crippen molar-refractivity contribution in [2.75, 3.05) is 13.1 Å². The summed E-state index contributed by atoms with van der Waals surface area (Å²) in [5, 5.41) is 0. The molecular weight excluding hydrogens is 231 g/mol. The fraction of sp³-hybridized carbons (Fsp3) is 0.571. The fourth-order valence-electron chi connectivity index (χ4n) is 2.51. The standard InChI is InChI=1S/C14H18BF2N/c1-14(2,3)18-7-11(12(15)8-18)10-5-4-9(16)6-13(10)17/h4-6,11-12H,7-8H2,1-3H3/t11-,12?/m0/s1. The van der Waals surface area contributed by atoms with Gasteiger partial charge in [0.1, 0.15) is 11.6 Å². The molecule has 2 atom stereocenters. The summed E-state index contributed by atoms with van der Waals surface area (Å²) >= 11 is 0. The van der Waals surface area contributed by atoms with Gasteiger partial charge in [0, 0.05) is 18.2 Å². The van der Waals surface area contributed by atoms with Gasteiger partial charge in [0.05, 0.1) is 7.85 Å². The van der Waals surface area contributed by atoms with Gasteiger partial charge in [0.25, 0.3) is 0 Å². The molecule has 1 aromatic carbocycles. The van der Waals surface area contributed by atoms with Gasteiger partial charge in [-0.3, -0.25) is 4.90 Å². The molecule has 2 rings (SSSR count). The number of rotatable bonds is 1. The van der Waals surface area contributed by atoms with Crippen LogP contribution in [0.25, 0.3) is 0 Å². The molecule has 1 unspecified atom stereocenters. The number of benzene rings is 1. The maximum Gasteiger partial charge on any atom is 0.129 e. The minimum atomic E-state index is -0.546. The smallest absolute Gasteiger partial charge is 0.129 e. The highest BCUT2D eigenvalue weighted by atomic mass is 19.1. The second-order valence-electron chi connectivity index (χ2n) is 6.01. The number of halogens is 2. The van der Waals surface area contributed by atoms with E-state index < -0.39 is 11.6 Å². The van der Waals surface area contributed by atoms with E-state index in [0.717, 1.165) is 12.6 Å². The molecule has 1 nitrogen and oxygen atoms in total. The van der Waals surface area contributed by atoms with Crippen molar-refractivity contribution in [3.63, 3.8) is 0 Å². The highest BCUT2D eigenvalue weighted by Gasteiger charge is 2.36. The monoisotopic (exact) mass is 249 g/mol. The molecule has 96 valence electrons. The summed E-state index contributed by atoms with van der Waals surface area (Å²) in [6.07, 6.45) is 0. The van der Waals surface area contributed by atoms with Crippen LogP contribution in [0.15, 0.2) is 18.2 Å². The van der Waals surface area contributed by atoms with Gasteiger partial charge in [0.15, 0.2) is 0 Å². The number of likely N-dealkylation sites (tertiary alicyclic amines) is 1. The van der Waals surface area contributed by atoms with E-state index in [1.54, 1.807) is 0 Å². The van der Waals surface area contributed by atoms with Gasteiger partial charge in [-0.1, -0.05) is 11.9 Å². The van der Waals surface area contributed by atoms with E-state index in [1.807, 2.05) is 0 Å². The Hall–Kier alpha value is -0.895. The van der Waals surface area contributed by atoms with Crippen LogP contribution >= 0.6 is 0 Å². The number of hydrogen-bond donors (Lipinski definition) is 0. The van der Waals surface area contributed by atoms with Crippen molar-refractivity contribution in [2.45, 2.75) is 38.0 Å². The molecule has 0 saturated carbocycles. The zero-order valence-corrected chi connectivity index (χ0v) is 11.1. The van der Waals surface area contributed by atoms with E-state index >= 15 is 0 Å². The van der Waals surface area contributed by atoms with Crippen LogP contribution < -0.4 is 0 Å². The van der Waals surface area contributed by atoms with Crippen molar-refractivity contribution < 1.29 is 8.78 Å². The SMILES string of the molecule is [B]C1CN(C(C)(C)C)C[C@H]1c1ccc(F)cc1F. The van der Waals surface area contributed by atoms with E-state index in [-0.39, 0.29) is 17.3 Å². The average molecular weight is 249 g/mol. The molecule has 1 aliphatic rings. The predicted octanol–water partition coefficient (Wildman–Crippen LogP) is 3.12. The number of hydrogen-bond acceptors (Lipinski definition) is 1. The van der Waals surface area contributed by atoms with Crippen LogP contribution in [0, 0.1) is 11.6 Å². The first-order chi connectivity index (χ1) is 8.29. The summed E-state index contributed by atoms with van der Waals surface area (Å²) in [5.41, 5.74) is 0.540. The van der Waals surface area contributed by atoms with Crippen LogP contribution in [0.4, 0.5) is 8.78 Å². The lowest BCUT2D eigenvalue weighted by Gasteiger charge is -2.32. The maximum absolute atomic E-state index is 13.8. The van der Waals surface area contributed by atoms with Crippen LogP contribution in [-0.4, -0.2) is 31.4 Å². The highest BCUT2D eigenvalue weighted by Crippen LogP contribution is 2.38. The molecule has 1 saturated heterocycles. The Morgan fingerprint density at radius 3 is 2.39 bits per heavy atom. The lowest BCUT2D eigenvalue weighted by atomic mass is 9.76. The third-order valence-electron chi connectivity index (χ3n) is 3.68. The Labute approximate surface area is 109 Å². The minimum absolute atomic E-state index is 0.0167. The molecule has 0 aliphatic carbocycles. The van der Waals surface area contributed by atoms with E-state index in [9.17, 15) is 8.78 Å². The summed E-state index contributed by atoms with van der Waals surface area (Å²) in [6, 6.07) is 3.74. The van der Waals surface area contributed by atoms with Crippen LogP contribution in [0.3, 0.4) is 0 Å². The summed E-state index contributed by atoms with van der Waals surface area (Å²) in [4.78, 5) is 2.24. The van der Waals surface area contributed by atoms with Crippen LogP contribution in [0.1, 0.15) is 32.3 Å². The average Bonchev–Trinajstić information content (AvgIpc) is 2.60. The van der Waals surface area contributed by atoms with E-state index in [2.05, 4.69) is 25.7 Å². The minimum Gasteiger partial charge on any atom is -0.298 e. The Morgan fingerprint density at radius 1 is 1.22 bits per heavy atom. The predicted molar refractivity (Wildman–Crippen MR) is 69.9 cm³/mol. The van der Waals surface area contributed by atoms with Crippen molar-refractivity contribution in [3.05, 3.63) is 35.4 Å². The number of nitrogens with zero attached hydrogens (tertiary/aromatic N) is 1. The van der Waals surface area contributed by atoms with Gasteiger partial charge < -0.3 is 0 Å². The molecule has 1 fully saturated rings. The molecule has 0 bridgehead atoms. The highest BCUT2D eigenvalue weighted by molar-refractivity contribution is 6.12. The largest absolute Gasteiger partial charge is 0.298 e. The van der Waals surface area contributed by atoms with Crippen LogP contribution in [0.5, 0.6) is 0 Å². The van der Waals surface area contributed by atoms with Gasteiger partial charge >= 0.3 is 0 Å². The zero-order valence-electron chi connectivity index (χ0n) is 11.1. The lowest BCUT2D eigenvalue weighted by molar-refractivity contribution is 0.172. The quantitative estimate of drug-likeness (QED) is 0.691. The van der Waals surface area contributed by atoms with E-state index in [0.29, 0.717) is 12.1 Å². The summed E-state index contributed by atoms with van der Waals surface area (Å²) in [6.45, 7) is 7.80. The van der Waals surface area contributed by atoms with E-state index in [1.165, 1.54) is 12.1 Å². The molecule has 0 amide bonds. The normalized spacial score (nSPS) is 25.6. The molecule has 0 N–H and O–H groups in total. The molecule has 0 aromatic heterocycles. The molecule has 1 heterocycles. The molecule has 4 heteroatoms. The molecule has 1 aromatic rings.